The van der Waals surface area contributed by atoms with E-state index in [0.29, 0.717) is 11.0 Å². The second-order valence-electron chi connectivity index (χ2n) is 6.92. The number of halogens is 2. The summed E-state index contributed by atoms with van der Waals surface area (Å²) in [6.45, 7) is 1.78. The fraction of sp³-hybridized carbons (Fsp3) is 0.706. The lowest BCUT2D eigenvalue weighted by molar-refractivity contribution is 0.156. The summed E-state index contributed by atoms with van der Waals surface area (Å²) in [6, 6.07) is 0.150. The molecule has 0 radical (unpaired) electrons. The first-order valence-corrected chi connectivity index (χ1v) is 10.7. The Morgan fingerprint density at radius 3 is 2.77 bits per heavy atom. The quantitative estimate of drug-likeness (QED) is 0.689. The van der Waals surface area contributed by atoms with Crippen LogP contribution in [0.1, 0.15) is 55.6 Å². The summed E-state index contributed by atoms with van der Waals surface area (Å²) in [5.74, 6) is 0.568. The SMILES string of the molecule is CC(Cc1csc(N(C)CC(F)F)n1)Nc1nnc(C2CCCCC2)s1. The number of rotatable bonds is 8. The number of anilines is 2. The average Bonchev–Trinajstić information content (AvgIpc) is 3.25. The van der Waals surface area contributed by atoms with Crippen LogP contribution in [0, 0.1) is 0 Å². The summed E-state index contributed by atoms with van der Waals surface area (Å²) < 4.78 is 25.0. The van der Waals surface area contributed by atoms with E-state index >= 15 is 0 Å². The topological polar surface area (TPSA) is 53.9 Å². The standard InChI is InChI=1S/C17H25F2N5S2/c1-11(8-13-10-25-17(21-13)24(2)9-14(18)19)20-16-23-22-15(26-16)12-6-4-3-5-7-12/h10-12,14H,3-9H2,1-2H3,(H,20,23). The van der Waals surface area contributed by atoms with Gasteiger partial charge in [-0.15, -0.1) is 21.5 Å². The van der Waals surface area contributed by atoms with Crippen LogP contribution in [0.3, 0.4) is 0 Å². The number of hydrogen-bond donors (Lipinski definition) is 1. The Balaban J connectivity index is 1.52. The zero-order chi connectivity index (χ0) is 18.5. The van der Waals surface area contributed by atoms with Crippen LogP contribution in [0.25, 0.3) is 0 Å². The van der Waals surface area contributed by atoms with Gasteiger partial charge in [0.2, 0.25) is 5.13 Å². The van der Waals surface area contributed by atoms with Crippen LogP contribution in [0.15, 0.2) is 5.38 Å². The summed E-state index contributed by atoms with van der Waals surface area (Å²) in [5, 5.41) is 16.6. The molecule has 2 heterocycles. The summed E-state index contributed by atoms with van der Waals surface area (Å²) in [7, 11) is 1.64. The first-order chi connectivity index (χ1) is 12.5. The molecule has 1 aliphatic rings. The van der Waals surface area contributed by atoms with Crippen molar-refractivity contribution < 1.29 is 8.78 Å². The van der Waals surface area contributed by atoms with Gasteiger partial charge >= 0.3 is 0 Å². The van der Waals surface area contributed by atoms with Gasteiger partial charge < -0.3 is 10.2 Å². The second-order valence-corrected chi connectivity index (χ2v) is 8.77. The van der Waals surface area contributed by atoms with Crippen molar-refractivity contribution in [2.24, 2.45) is 0 Å². The zero-order valence-electron chi connectivity index (χ0n) is 15.1. The van der Waals surface area contributed by atoms with E-state index in [0.717, 1.165) is 22.3 Å². The van der Waals surface area contributed by atoms with Crippen molar-refractivity contribution in [2.45, 2.75) is 63.8 Å². The van der Waals surface area contributed by atoms with Crippen LogP contribution in [0.4, 0.5) is 19.0 Å². The van der Waals surface area contributed by atoms with Crippen LogP contribution < -0.4 is 10.2 Å². The van der Waals surface area contributed by atoms with E-state index in [9.17, 15) is 8.78 Å². The second kappa shape index (κ2) is 9.03. The largest absolute Gasteiger partial charge is 0.357 e. The molecule has 0 spiro atoms. The van der Waals surface area contributed by atoms with Gasteiger partial charge in [0, 0.05) is 30.8 Å². The summed E-state index contributed by atoms with van der Waals surface area (Å²) >= 11 is 3.05. The van der Waals surface area contributed by atoms with Crippen molar-refractivity contribution in [3.63, 3.8) is 0 Å². The molecule has 0 bridgehead atoms. The smallest absolute Gasteiger partial charge is 0.255 e. The molecule has 0 aliphatic heterocycles. The summed E-state index contributed by atoms with van der Waals surface area (Å²) in [6.07, 6.45) is 4.71. The maximum Gasteiger partial charge on any atom is 0.255 e. The van der Waals surface area contributed by atoms with Crippen molar-refractivity contribution in [3.05, 3.63) is 16.1 Å². The molecule has 2 aromatic rings. The third-order valence-corrected chi connectivity index (χ3v) is 6.58. The van der Waals surface area contributed by atoms with E-state index in [1.165, 1.54) is 48.3 Å². The van der Waals surface area contributed by atoms with E-state index in [1.54, 1.807) is 18.4 Å². The highest BCUT2D eigenvalue weighted by Crippen LogP contribution is 2.35. The first kappa shape index (κ1) is 19.4. The summed E-state index contributed by atoms with van der Waals surface area (Å²) in [5.41, 5.74) is 0.906. The third kappa shape index (κ3) is 5.33. The molecular weight excluding hydrogens is 376 g/mol. The molecule has 0 aromatic carbocycles. The van der Waals surface area contributed by atoms with Gasteiger partial charge in [0.25, 0.3) is 6.43 Å². The van der Waals surface area contributed by atoms with Crippen LogP contribution >= 0.6 is 22.7 Å². The predicted octanol–water partition coefficient (Wildman–Crippen LogP) is 4.79. The predicted molar refractivity (Wildman–Crippen MR) is 104 cm³/mol. The minimum Gasteiger partial charge on any atom is -0.357 e. The number of hydrogen-bond acceptors (Lipinski definition) is 7. The lowest BCUT2D eigenvalue weighted by Gasteiger charge is -2.18. The minimum atomic E-state index is -2.36. The molecule has 1 N–H and O–H groups in total. The normalized spacial score (nSPS) is 16.8. The number of aromatic nitrogens is 3. The Labute approximate surface area is 160 Å². The molecule has 1 unspecified atom stereocenters. The van der Waals surface area contributed by atoms with Gasteiger partial charge in [-0.3, -0.25) is 0 Å². The maximum absolute atomic E-state index is 12.5. The number of nitrogens with one attached hydrogen (secondary N) is 1. The highest BCUT2D eigenvalue weighted by molar-refractivity contribution is 7.15. The fourth-order valence-electron chi connectivity index (χ4n) is 3.23. The molecule has 9 heteroatoms. The molecule has 5 nitrogen and oxygen atoms in total. The lowest BCUT2D eigenvalue weighted by Crippen LogP contribution is -2.24. The molecule has 144 valence electrons. The van der Waals surface area contributed by atoms with Crippen molar-refractivity contribution in [1.29, 1.82) is 0 Å². The van der Waals surface area contributed by atoms with Crippen LogP contribution in [0.2, 0.25) is 0 Å². The Kier molecular flexibility index (Phi) is 6.74. The lowest BCUT2D eigenvalue weighted by atomic mass is 9.90. The van der Waals surface area contributed by atoms with E-state index in [-0.39, 0.29) is 12.6 Å². The fourth-order valence-corrected chi connectivity index (χ4v) is 5.07. The van der Waals surface area contributed by atoms with Crippen molar-refractivity contribution >= 4 is 32.9 Å². The molecule has 3 rings (SSSR count). The van der Waals surface area contributed by atoms with Crippen molar-refractivity contribution in [3.8, 4) is 0 Å². The molecule has 0 saturated heterocycles. The Bertz CT molecular complexity index is 684. The molecule has 1 atom stereocenters. The monoisotopic (exact) mass is 401 g/mol. The molecule has 1 fully saturated rings. The highest BCUT2D eigenvalue weighted by Gasteiger charge is 2.20. The van der Waals surface area contributed by atoms with Crippen molar-refractivity contribution in [2.75, 3.05) is 23.8 Å². The first-order valence-electron chi connectivity index (χ1n) is 9.05. The van der Waals surface area contributed by atoms with E-state index in [4.69, 9.17) is 0 Å². The minimum absolute atomic E-state index is 0.150. The number of thiazole rings is 1. The molecule has 0 amide bonds. The zero-order valence-corrected chi connectivity index (χ0v) is 16.8. The molecule has 2 aromatic heterocycles. The molecule has 1 aliphatic carbocycles. The average molecular weight is 402 g/mol. The maximum atomic E-state index is 12.5. The van der Waals surface area contributed by atoms with Crippen LogP contribution in [0.5, 0.6) is 0 Å². The van der Waals surface area contributed by atoms with Gasteiger partial charge in [-0.05, 0) is 19.8 Å². The van der Waals surface area contributed by atoms with Crippen LogP contribution in [-0.4, -0.2) is 41.2 Å². The van der Waals surface area contributed by atoms with Gasteiger partial charge in [0.15, 0.2) is 5.13 Å². The molecule has 26 heavy (non-hydrogen) atoms. The van der Waals surface area contributed by atoms with Gasteiger partial charge in [-0.1, -0.05) is 30.6 Å². The Morgan fingerprint density at radius 2 is 2.04 bits per heavy atom. The van der Waals surface area contributed by atoms with Crippen molar-refractivity contribution in [1.82, 2.24) is 15.2 Å². The Morgan fingerprint density at radius 1 is 1.27 bits per heavy atom. The Hall–Kier alpha value is -1.35. The van der Waals surface area contributed by atoms with Gasteiger partial charge in [-0.2, -0.15) is 0 Å². The summed E-state index contributed by atoms with van der Waals surface area (Å²) in [4.78, 5) is 5.96. The van der Waals surface area contributed by atoms with Gasteiger partial charge in [0.05, 0.1) is 12.2 Å². The number of nitrogens with zero attached hydrogens (tertiary/aromatic N) is 4. The number of alkyl halides is 2. The van der Waals surface area contributed by atoms with Crippen LogP contribution in [-0.2, 0) is 6.42 Å². The third-order valence-electron chi connectivity index (χ3n) is 4.56. The van der Waals surface area contributed by atoms with E-state index in [2.05, 4.69) is 27.4 Å². The van der Waals surface area contributed by atoms with E-state index < -0.39 is 6.43 Å². The molecule has 1 saturated carbocycles. The van der Waals surface area contributed by atoms with Gasteiger partial charge in [-0.25, -0.2) is 13.8 Å². The van der Waals surface area contributed by atoms with E-state index in [1.807, 2.05) is 5.38 Å². The molecular formula is C17H25F2N5S2. The van der Waals surface area contributed by atoms with Gasteiger partial charge in [0.1, 0.15) is 5.01 Å². The highest BCUT2D eigenvalue weighted by atomic mass is 32.1.